The van der Waals surface area contributed by atoms with Crippen LogP contribution in [0.15, 0.2) is 18.2 Å². The fourth-order valence-corrected chi connectivity index (χ4v) is 1.55. The number of urea groups is 1. The molecule has 0 fully saturated rings. The summed E-state index contributed by atoms with van der Waals surface area (Å²) in [6, 6.07) is 4.77. The van der Waals surface area contributed by atoms with Gasteiger partial charge in [-0.1, -0.05) is 17.9 Å². The molecule has 0 atom stereocenters. The molecule has 0 saturated heterocycles. The third kappa shape index (κ3) is 5.00. The Bertz CT molecular complexity index is 558. The minimum absolute atomic E-state index is 0.217. The van der Waals surface area contributed by atoms with Crippen LogP contribution in [0.2, 0.25) is 0 Å². The molecular weight excluding hydrogens is 256 g/mol. The number of primary amides is 1. The van der Waals surface area contributed by atoms with E-state index in [-0.39, 0.29) is 19.0 Å². The van der Waals surface area contributed by atoms with Gasteiger partial charge in [0.05, 0.1) is 6.54 Å². The van der Waals surface area contributed by atoms with E-state index in [0.717, 1.165) is 11.1 Å². The Labute approximate surface area is 117 Å². The number of nitrogens with one attached hydrogen (secondary N) is 2. The molecule has 6 N–H and O–H groups in total. The van der Waals surface area contributed by atoms with E-state index < -0.39 is 6.03 Å². The van der Waals surface area contributed by atoms with Crippen LogP contribution in [0.25, 0.3) is 0 Å². The zero-order valence-electron chi connectivity index (χ0n) is 11.3. The number of hydrogen-bond donors (Lipinski definition) is 4. The summed E-state index contributed by atoms with van der Waals surface area (Å²) in [6.07, 6.45) is 0. The Morgan fingerprint density at radius 2 is 1.95 bits per heavy atom. The van der Waals surface area contributed by atoms with Crippen molar-refractivity contribution in [3.63, 3.8) is 0 Å². The number of aryl methyl sites for hydroxylation is 1. The highest BCUT2D eigenvalue weighted by atomic mass is 16.2. The lowest BCUT2D eigenvalue weighted by Crippen LogP contribution is -2.37. The smallest absolute Gasteiger partial charge is 0.312 e. The molecule has 0 saturated carbocycles. The second-order valence-electron chi connectivity index (χ2n) is 4.08. The Morgan fingerprint density at radius 1 is 1.25 bits per heavy atom. The quantitative estimate of drug-likeness (QED) is 0.447. The first-order valence-electron chi connectivity index (χ1n) is 6.15. The summed E-state index contributed by atoms with van der Waals surface area (Å²) >= 11 is 0. The summed E-state index contributed by atoms with van der Waals surface area (Å²) in [6.45, 7) is 2.71. The summed E-state index contributed by atoms with van der Waals surface area (Å²) < 4.78 is 0. The topological polar surface area (TPSA) is 110 Å². The van der Waals surface area contributed by atoms with Gasteiger partial charge in [0.2, 0.25) is 0 Å². The molecule has 0 aliphatic heterocycles. The molecule has 106 valence electrons. The van der Waals surface area contributed by atoms with E-state index in [1.807, 2.05) is 19.1 Å². The van der Waals surface area contributed by atoms with Gasteiger partial charge in [-0.2, -0.15) is 0 Å². The maximum Gasteiger partial charge on any atom is 0.312 e. The second-order valence-corrected chi connectivity index (χ2v) is 4.08. The van der Waals surface area contributed by atoms with Crippen molar-refractivity contribution in [2.24, 2.45) is 11.5 Å². The van der Waals surface area contributed by atoms with Gasteiger partial charge in [-0.15, -0.1) is 0 Å². The lowest BCUT2D eigenvalue weighted by atomic mass is 10.0. The Hall–Kier alpha value is -2.52. The van der Waals surface area contributed by atoms with Crippen LogP contribution < -0.4 is 22.1 Å². The van der Waals surface area contributed by atoms with Gasteiger partial charge in [0, 0.05) is 24.2 Å². The predicted molar refractivity (Wildman–Crippen MR) is 77.0 cm³/mol. The van der Waals surface area contributed by atoms with Gasteiger partial charge < -0.3 is 22.1 Å². The number of hydrogen-bond acceptors (Lipinski definition) is 3. The minimum Gasteiger partial charge on any atom is -0.352 e. The van der Waals surface area contributed by atoms with Gasteiger partial charge in [-0.05, 0) is 24.6 Å². The number of rotatable bonds is 4. The highest BCUT2D eigenvalue weighted by Gasteiger charge is 2.08. The number of carbonyl (C=O) groups is 2. The first-order chi connectivity index (χ1) is 9.54. The molecule has 0 aliphatic rings. The van der Waals surface area contributed by atoms with Gasteiger partial charge in [-0.25, -0.2) is 4.79 Å². The van der Waals surface area contributed by atoms with Gasteiger partial charge in [-0.3, -0.25) is 4.79 Å². The van der Waals surface area contributed by atoms with E-state index in [0.29, 0.717) is 12.1 Å². The van der Waals surface area contributed by atoms with Gasteiger partial charge in [0.25, 0.3) is 5.91 Å². The molecule has 0 radical (unpaired) electrons. The molecule has 0 unspecified atom stereocenters. The van der Waals surface area contributed by atoms with Gasteiger partial charge in [0.1, 0.15) is 0 Å². The number of carbonyl (C=O) groups excluding carboxylic acids is 2. The molecule has 6 nitrogen and oxygen atoms in total. The fraction of sp³-hybridized carbons (Fsp3) is 0.286. The maximum absolute atomic E-state index is 12.0. The lowest BCUT2D eigenvalue weighted by Gasteiger charge is -2.08. The number of nitrogens with two attached hydrogens (primary N) is 2. The van der Waals surface area contributed by atoms with Crippen LogP contribution in [0.1, 0.15) is 21.5 Å². The van der Waals surface area contributed by atoms with Crippen LogP contribution in [0.5, 0.6) is 0 Å². The summed E-state index contributed by atoms with van der Waals surface area (Å²) in [5.41, 5.74) is 12.4. The Morgan fingerprint density at radius 3 is 2.60 bits per heavy atom. The lowest BCUT2D eigenvalue weighted by molar-refractivity contribution is 0.0953. The minimum atomic E-state index is -0.616. The molecular formula is C14H18N4O2. The first-order valence-corrected chi connectivity index (χ1v) is 6.15. The molecule has 0 spiro atoms. The zero-order chi connectivity index (χ0) is 15.0. The van der Waals surface area contributed by atoms with Gasteiger partial charge >= 0.3 is 6.03 Å². The fourth-order valence-electron chi connectivity index (χ4n) is 1.55. The molecule has 1 aromatic rings. The third-order valence-electron chi connectivity index (χ3n) is 2.53. The summed E-state index contributed by atoms with van der Waals surface area (Å²) in [4.78, 5) is 22.5. The van der Waals surface area contributed by atoms with Crippen molar-refractivity contribution >= 4 is 11.9 Å². The average Bonchev–Trinajstić information content (AvgIpc) is 2.42. The van der Waals surface area contributed by atoms with E-state index in [4.69, 9.17) is 11.5 Å². The number of benzene rings is 1. The molecule has 6 heteroatoms. The Kier molecular flexibility index (Phi) is 6.07. The highest BCUT2D eigenvalue weighted by molar-refractivity contribution is 5.96. The van der Waals surface area contributed by atoms with Crippen LogP contribution in [-0.4, -0.2) is 31.6 Å². The maximum atomic E-state index is 12.0. The largest absolute Gasteiger partial charge is 0.352 e. The Balaban J connectivity index is 2.69. The van der Waals surface area contributed by atoms with Crippen molar-refractivity contribution in [3.05, 3.63) is 34.9 Å². The van der Waals surface area contributed by atoms with E-state index in [9.17, 15) is 9.59 Å². The van der Waals surface area contributed by atoms with Crippen LogP contribution in [0.3, 0.4) is 0 Å². The second kappa shape index (κ2) is 7.81. The van der Waals surface area contributed by atoms with Crippen molar-refractivity contribution in [1.82, 2.24) is 10.6 Å². The summed E-state index contributed by atoms with van der Waals surface area (Å²) in [7, 11) is 0. The standard InChI is InChI=1S/C14H18N4O2/c1-10-4-5-11(3-2-6-15)9-12(10)13(19)17-7-8-18-14(16)20/h4-5,9H,6-8,15H2,1H3,(H,17,19)(H3,16,18,20). The summed E-state index contributed by atoms with van der Waals surface area (Å²) in [5.74, 6) is 5.40. The SMILES string of the molecule is Cc1ccc(C#CCN)cc1C(=O)NCCNC(N)=O. The predicted octanol–water partition coefficient (Wildman–Crippen LogP) is -0.297. The van der Waals surface area contributed by atoms with E-state index in [1.165, 1.54) is 0 Å². The van der Waals surface area contributed by atoms with Crippen molar-refractivity contribution in [1.29, 1.82) is 0 Å². The first kappa shape index (κ1) is 15.5. The van der Waals surface area contributed by atoms with Crippen molar-refractivity contribution in [2.45, 2.75) is 6.92 Å². The van der Waals surface area contributed by atoms with E-state index in [1.54, 1.807) is 6.07 Å². The summed E-state index contributed by atoms with van der Waals surface area (Å²) in [5, 5.41) is 5.09. The monoisotopic (exact) mass is 274 g/mol. The molecule has 3 amide bonds. The zero-order valence-corrected chi connectivity index (χ0v) is 11.3. The molecule has 0 bridgehead atoms. The van der Waals surface area contributed by atoms with Crippen molar-refractivity contribution in [3.8, 4) is 11.8 Å². The van der Waals surface area contributed by atoms with Crippen molar-refractivity contribution < 1.29 is 9.59 Å². The third-order valence-corrected chi connectivity index (χ3v) is 2.53. The molecule has 0 aliphatic carbocycles. The van der Waals surface area contributed by atoms with Crippen LogP contribution in [0, 0.1) is 18.8 Å². The van der Waals surface area contributed by atoms with Crippen molar-refractivity contribution in [2.75, 3.05) is 19.6 Å². The van der Waals surface area contributed by atoms with E-state index >= 15 is 0 Å². The number of amides is 3. The van der Waals surface area contributed by atoms with Crippen LogP contribution in [-0.2, 0) is 0 Å². The van der Waals surface area contributed by atoms with Crippen LogP contribution >= 0.6 is 0 Å². The molecule has 1 rings (SSSR count). The highest BCUT2D eigenvalue weighted by Crippen LogP contribution is 2.10. The van der Waals surface area contributed by atoms with E-state index in [2.05, 4.69) is 22.5 Å². The average molecular weight is 274 g/mol. The molecule has 1 aromatic carbocycles. The normalized spacial score (nSPS) is 9.30. The van der Waals surface area contributed by atoms with Gasteiger partial charge in [0.15, 0.2) is 0 Å². The van der Waals surface area contributed by atoms with Crippen LogP contribution in [0.4, 0.5) is 4.79 Å². The molecule has 0 aromatic heterocycles. The molecule has 20 heavy (non-hydrogen) atoms. The molecule has 0 heterocycles.